The number of ether oxygens (including phenoxy) is 1. The van der Waals surface area contributed by atoms with Gasteiger partial charge in [-0.15, -0.1) is 11.3 Å². The van der Waals surface area contributed by atoms with E-state index in [-0.39, 0.29) is 31.0 Å². The summed E-state index contributed by atoms with van der Waals surface area (Å²) in [6, 6.07) is 6.69. The van der Waals surface area contributed by atoms with Gasteiger partial charge in [-0.3, -0.25) is 9.59 Å². The van der Waals surface area contributed by atoms with Gasteiger partial charge in [-0.2, -0.15) is 0 Å². The predicted molar refractivity (Wildman–Crippen MR) is 104 cm³/mol. The number of aromatic nitrogens is 1. The molecular weight excluding hydrogens is 374 g/mol. The minimum Gasteiger partial charge on any atom is -0.484 e. The van der Waals surface area contributed by atoms with Crippen molar-refractivity contribution in [2.75, 3.05) is 18.5 Å². The first-order valence-electron chi connectivity index (χ1n) is 8.28. The Balaban J connectivity index is 1.95. The number of rotatable bonds is 8. The molecule has 0 saturated heterocycles. The number of anilines is 1. The summed E-state index contributed by atoms with van der Waals surface area (Å²) in [5, 5.41) is 5.71. The summed E-state index contributed by atoms with van der Waals surface area (Å²) in [5.74, 6) is 0.0221. The van der Waals surface area contributed by atoms with E-state index in [4.69, 9.17) is 16.3 Å². The van der Waals surface area contributed by atoms with Crippen LogP contribution in [-0.2, 0) is 9.59 Å². The van der Waals surface area contributed by atoms with Crippen LogP contribution in [-0.4, -0.2) is 40.9 Å². The van der Waals surface area contributed by atoms with Crippen molar-refractivity contribution < 1.29 is 14.3 Å². The highest BCUT2D eigenvalue weighted by molar-refractivity contribution is 7.13. The molecule has 0 aliphatic rings. The van der Waals surface area contributed by atoms with E-state index < -0.39 is 0 Å². The van der Waals surface area contributed by atoms with E-state index in [1.807, 2.05) is 26.2 Å². The monoisotopic (exact) mass is 395 g/mol. The van der Waals surface area contributed by atoms with Gasteiger partial charge in [0.1, 0.15) is 12.3 Å². The van der Waals surface area contributed by atoms with Gasteiger partial charge in [0.2, 0.25) is 5.91 Å². The molecule has 1 heterocycles. The predicted octanol–water partition coefficient (Wildman–Crippen LogP) is 3.75. The highest BCUT2D eigenvalue weighted by Crippen LogP contribution is 2.17. The van der Waals surface area contributed by atoms with Gasteiger partial charge in [-0.05, 0) is 44.5 Å². The van der Waals surface area contributed by atoms with Crippen LogP contribution in [0.2, 0.25) is 5.02 Å². The molecule has 0 spiro atoms. The molecule has 0 unspecified atom stereocenters. The summed E-state index contributed by atoms with van der Waals surface area (Å²) >= 11 is 7.19. The van der Waals surface area contributed by atoms with Crippen LogP contribution in [0.4, 0.5) is 5.13 Å². The maximum atomic E-state index is 12.6. The lowest BCUT2D eigenvalue weighted by Crippen LogP contribution is -2.45. The molecule has 2 aromatic rings. The molecule has 0 saturated carbocycles. The van der Waals surface area contributed by atoms with Crippen LogP contribution < -0.4 is 10.1 Å². The maximum absolute atomic E-state index is 12.6. The molecule has 1 atom stereocenters. The molecule has 0 radical (unpaired) electrons. The van der Waals surface area contributed by atoms with Crippen molar-refractivity contribution in [1.29, 1.82) is 0 Å². The zero-order valence-electron chi connectivity index (χ0n) is 15.0. The average molecular weight is 396 g/mol. The van der Waals surface area contributed by atoms with Gasteiger partial charge in [-0.25, -0.2) is 4.98 Å². The van der Waals surface area contributed by atoms with Crippen molar-refractivity contribution in [3.63, 3.8) is 0 Å². The van der Waals surface area contributed by atoms with Crippen LogP contribution in [0.3, 0.4) is 0 Å². The molecular formula is C18H22ClN3O3S. The summed E-state index contributed by atoms with van der Waals surface area (Å²) in [6.07, 6.45) is 0.732. The normalized spacial score (nSPS) is 11.7. The van der Waals surface area contributed by atoms with Crippen molar-refractivity contribution in [2.24, 2.45) is 0 Å². The SMILES string of the molecule is CC[C@@H](C)N(CC(=O)Nc1nc(C)cs1)C(=O)COc1ccc(Cl)cc1. The average Bonchev–Trinajstić information content (AvgIpc) is 3.03. The van der Waals surface area contributed by atoms with Gasteiger partial charge in [0.15, 0.2) is 11.7 Å². The van der Waals surface area contributed by atoms with Gasteiger partial charge in [0.25, 0.3) is 5.91 Å². The molecule has 0 bridgehead atoms. The van der Waals surface area contributed by atoms with Crippen molar-refractivity contribution >= 4 is 39.9 Å². The number of halogens is 1. The number of nitrogens with zero attached hydrogens (tertiary/aromatic N) is 2. The van der Waals surface area contributed by atoms with Crippen LogP contribution in [0.1, 0.15) is 26.0 Å². The van der Waals surface area contributed by atoms with Crippen molar-refractivity contribution in [3.05, 3.63) is 40.4 Å². The fourth-order valence-electron chi connectivity index (χ4n) is 2.19. The third-order valence-electron chi connectivity index (χ3n) is 3.80. The Morgan fingerprint density at radius 3 is 2.62 bits per heavy atom. The number of benzene rings is 1. The van der Waals surface area contributed by atoms with Crippen LogP contribution in [0.15, 0.2) is 29.6 Å². The zero-order valence-corrected chi connectivity index (χ0v) is 16.6. The third kappa shape index (κ3) is 6.00. The van der Waals surface area contributed by atoms with Gasteiger partial charge >= 0.3 is 0 Å². The molecule has 26 heavy (non-hydrogen) atoms. The second kappa shape index (κ2) is 9.54. The van der Waals surface area contributed by atoms with E-state index in [1.54, 1.807) is 24.3 Å². The van der Waals surface area contributed by atoms with Gasteiger partial charge in [0, 0.05) is 16.4 Å². The van der Waals surface area contributed by atoms with E-state index in [1.165, 1.54) is 16.2 Å². The molecule has 2 amide bonds. The molecule has 2 rings (SSSR count). The van der Waals surface area contributed by atoms with Crippen LogP contribution in [0, 0.1) is 6.92 Å². The van der Waals surface area contributed by atoms with Crippen molar-refractivity contribution in [3.8, 4) is 5.75 Å². The maximum Gasteiger partial charge on any atom is 0.261 e. The lowest BCUT2D eigenvalue weighted by molar-refractivity contribution is -0.138. The van der Waals surface area contributed by atoms with Crippen LogP contribution in [0.5, 0.6) is 5.75 Å². The summed E-state index contributed by atoms with van der Waals surface area (Å²) in [6.45, 7) is 5.54. The number of nitrogens with one attached hydrogen (secondary N) is 1. The topological polar surface area (TPSA) is 71.5 Å². The number of carbonyl (C=O) groups is 2. The Bertz CT molecular complexity index is 748. The highest BCUT2D eigenvalue weighted by atomic mass is 35.5. The Morgan fingerprint density at radius 2 is 2.04 bits per heavy atom. The lowest BCUT2D eigenvalue weighted by Gasteiger charge is -2.27. The van der Waals surface area contributed by atoms with Crippen LogP contribution >= 0.6 is 22.9 Å². The molecule has 1 N–H and O–H groups in total. The zero-order chi connectivity index (χ0) is 19.1. The van der Waals surface area contributed by atoms with E-state index in [0.29, 0.717) is 15.9 Å². The second-order valence-corrected chi connectivity index (χ2v) is 7.16. The Hall–Kier alpha value is -2.12. The van der Waals surface area contributed by atoms with E-state index in [9.17, 15) is 9.59 Å². The molecule has 0 fully saturated rings. The minimum atomic E-state index is -0.278. The minimum absolute atomic E-state index is 0.0452. The quantitative estimate of drug-likeness (QED) is 0.738. The summed E-state index contributed by atoms with van der Waals surface area (Å²) < 4.78 is 5.51. The number of amides is 2. The van der Waals surface area contributed by atoms with E-state index in [0.717, 1.165) is 12.1 Å². The third-order valence-corrected chi connectivity index (χ3v) is 4.93. The Labute approximate surface area is 162 Å². The molecule has 8 heteroatoms. The molecule has 0 aliphatic carbocycles. The largest absolute Gasteiger partial charge is 0.484 e. The number of carbonyl (C=O) groups excluding carboxylic acids is 2. The highest BCUT2D eigenvalue weighted by Gasteiger charge is 2.22. The second-order valence-electron chi connectivity index (χ2n) is 5.86. The first kappa shape index (κ1) is 20.2. The summed E-state index contributed by atoms with van der Waals surface area (Å²) in [4.78, 5) is 30.6. The molecule has 1 aromatic heterocycles. The molecule has 140 valence electrons. The number of aryl methyl sites for hydroxylation is 1. The Kier molecular flexibility index (Phi) is 7.41. The molecule has 1 aromatic carbocycles. The number of hydrogen-bond donors (Lipinski definition) is 1. The number of hydrogen-bond acceptors (Lipinski definition) is 5. The fraction of sp³-hybridized carbons (Fsp3) is 0.389. The van der Waals surface area contributed by atoms with Crippen molar-refractivity contribution in [1.82, 2.24) is 9.88 Å². The first-order valence-corrected chi connectivity index (χ1v) is 9.54. The summed E-state index contributed by atoms with van der Waals surface area (Å²) in [7, 11) is 0. The molecule has 0 aliphatic heterocycles. The Morgan fingerprint density at radius 1 is 1.35 bits per heavy atom. The standard InChI is InChI=1S/C18H22ClN3O3S/c1-4-13(3)22(9-16(23)21-18-20-12(2)11-26-18)17(24)10-25-15-7-5-14(19)6-8-15/h5-8,11,13H,4,9-10H2,1-3H3,(H,20,21,23)/t13-/m1/s1. The van der Waals surface area contributed by atoms with E-state index >= 15 is 0 Å². The lowest BCUT2D eigenvalue weighted by atomic mass is 10.2. The fourth-order valence-corrected chi connectivity index (χ4v) is 3.02. The van der Waals surface area contributed by atoms with E-state index in [2.05, 4.69) is 10.3 Å². The van der Waals surface area contributed by atoms with Gasteiger partial charge in [-0.1, -0.05) is 18.5 Å². The van der Waals surface area contributed by atoms with Crippen molar-refractivity contribution in [2.45, 2.75) is 33.2 Å². The smallest absolute Gasteiger partial charge is 0.261 e. The van der Waals surface area contributed by atoms with Gasteiger partial charge in [0.05, 0.1) is 5.69 Å². The number of thiazole rings is 1. The molecule has 6 nitrogen and oxygen atoms in total. The van der Waals surface area contributed by atoms with Gasteiger partial charge < -0.3 is 15.0 Å². The first-order chi connectivity index (χ1) is 12.4. The summed E-state index contributed by atoms with van der Waals surface area (Å²) in [5.41, 5.74) is 0.844. The van der Waals surface area contributed by atoms with Crippen LogP contribution in [0.25, 0.3) is 0 Å².